The van der Waals surface area contributed by atoms with Crippen LogP contribution in [0.15, 0.2) is 72.4 Å². The molecule has 2 fully saturated rings. The van der Waals surface area contributed by atoms with Crippen LogP contribution in [-0.4, -0.2) is 48.7 Å². The van der Waals surface area contributed by atoms with Crippen LogP contribution in [0.1, 0.15) is 43.2 Å². The van der Waals surface area contributed by atoms with Gasteiger partial charge in [0.25, 0.3) is 5.91 Å². The molecule has 6 heteroatoms. The highest BCUT2D eigenvalue weighted by atomic mass is 16.2. The first kappa shape index (κ1) is 23.9. The van der Waals surface area contributed by atoms with Gasteiger partial charge in [0.15, 0.2) is 0 Å². The molecular weight excluding hydrogens is 426 g/mol. The van der Waals surface area contributed by atoms with E-state index in [-0.39, 0.29) is 35.4 Å². The maximum atomic E-state index is 13.6. The number of ketones is 1. The van der Waals surface area contributed by atoms with Crippen molar-refractivity contribution in [2.45, 2.75) is 32.1 Å². The lowest BCUT2D eigenvalue weighted by Gasteiger charge is -2.37. The molecular formula is C28H33N3O3. The van der Waals surface area contributed by atoms with E-state index in [1.807, 2.05) is 66.7 Å². The third-order valence-electron chi connectivity index (χ3n) is 6.74. The Kier molecular flexibility index (Phi) is 7.91. The SMILES string of the molecule is CC(=O)N/C(=C\C1CCCNC1)C(=O)N1CCC(=O)C(C(c2ccccc2)c2ccccc2)C1. The Bertz CT molecular complexity index is 990. The fourth-order valence-corrected chi connectivity index (χ4v) is 5.10. The number of nitrogens with zero attached hydrogens (tertiary/aromatic N) is 1. The zero-order chi connectivity index (χ0) is 23.9. The summed E-state index contributed by atoms with van der Waals surface area (Å²) in [4.78, 5) is 40.4. The minimum atomic E-state index is -0.350. The van der Waals surface area contributed by atoms with Crippen molar-refractivity contribution in [3.8, 4) is 0 Å². The molecule has 4 rings (SSSR count). The van der Waals surface area contributed by atoms with Crippen molar-refractivity contribution in [3.63, 3.8) is 0 Å². The van der Waals surface area contributed by atoms with Crippen molar-refractivity contribution < 1.29 is 14.4 Å². The van der Waals surface area contributed by atoms with Crippen molar-refractivity contribution in [2.75, 3.05) is 26.2 Å². The Hall–Kier alpha value is -3.25. The van der Waals surface area contributed by atoms with E-state index in [1.165, 1.54) is 6.92 Å². The van der Waals surface area contributed by atoms with Crippen molar-refractivity contribution >= 4 is 17.6 Å². The van der Waals surface area contributed by atoms with Gasteiger partial charge in [-0.2, -0.15) is 0 Å². The molecule has 0 spiro atoms. The summed E-state index contributed by atoms with van der Waals surface area (Å²) in [7, 11) is 0. The van der Waals surface area contributed by atoms with E-state index >= 15 is 0 Å². The first-order valence-corrected chi connectivity index (χ1v) is 12.1. The molecule has 0 radical (unpaired) electrons. The lowest BCUT2D eigenvalue weighted by molar-refractivity contribution is -0.136. The monoisotopic (exact) mass is 459 g/mol. The zero-order valence-electron chi connectivity index (χ0n) is 19.7. The number of amides is 2. The van der Waals surface area contributed by atoms with Gasteiger partial charge in [0, 0.05) is 44.8 Å². The Balaban J connectivity index is 1.61. The molecule has 0 bridgehead atoms. The van der Waals surface area contributed by atoms with Gasteiger partial charge in [-0.15, -0.1) is 0 Å². The molecule has 2 amide bonds. The van der Waals surface area contributed by atoms with Gasteiger partial charge in [0.2, 0.25) is 5.91 Å². The van der Waals surface area contributed by atoms with E-state index in [0.29, 0.717) is 25.2 Å². The maximum Gasteiger partial charge on any atom is 0.270 e. The molecule has 2 heterocycles. The first-order chi connectivity index (χ1) is 16.5. The van der Waals surface area contributed by atoms with Crippen LogP contribution in [0.3, 0.4) is 0 Å². The number of hydrogen-bond donors (Lipinski definition) is 2. The number of Topliss-reactive ketones (excluding diaryl/α,β-unsaturated/α-hetero) is 1. The maximum absolute atomic E-state index is 13.6. The van der Waals surface area contributed by atoms with Crippen molar-refractivity contribution in [1.29, 1.82) is 0 Å². The second-order valence-corrected chi connectivity index (χ2v) is 9.24. The van der Waals surface area contributed by atoms with Gasteiger partial charge >= 0.3 is 0 Å². The Morgan fingerprint density at radius 3 is 2.26 bits per heavy atom. The van der Waals surface area contributed by atoms with Crippen molar-refractivity contribution in [2.24, 2.45) is 11.8 Å². The number of rotatable bonds is 6. The molecule has 0 aromatic heterocycles. The van der Waals surface area contributed by atoms with Gasteiger partial charge in [0.05, 0.1) is 0 Å². The van der Waals surface area contributed by atoms with Crippen LogP contribution in [0.2, 0.25) is 0 Å². The molecule has 2 aliphatic heterocycles. The molecule has 2 atom stereocenters. The summed E-state index contributed by atoms with van der Waals surface area (Å²) in [6.07, 6.45) is 4.23. The Morgan fingerprint density at radius 1 is 1.06 bits per heavy atom. The number of carbonyl (C=O) groups is 3. The van der Waals surface area contributed by atoms with Gasteiger partial charge in [-0.05, 0) is 36.4 Å². The lowest BCUT2D eigenvalue weighted by atomic mass is 9.76. The van der Waals surface area contributed by atoms with Crippen molar-refractivity contribution in [3.05, 3.63) is 83.6 Å². The number of piperidine rings is 2. The summed E-state index contributed by atoms with van der Waals surface area (Å²) in [5, 5.41) is 6.11. The highest BCUT2D eigenvalue weighted by Crippen LogP contribution is 2.36. The second kappa shape index (κ2) is 11.3. The number of hydrogen-bond acceptors (Lipinski definition) is 4. The van der Waals surface area contributed by atoms with Crippen LogP contribution in [0.25, 0.3) is 0 Å². The normalized spacial score (nSPS) is 21.4. The van der Waals surface area contributed by atoms with Crippen molar-refractivity contribution in [1.82, 2.24) is 15.5 Å². The quantitative estimate of drug-likeness (QED) is 0.650. The summed E-state index contributed by atoms with van der Waals surface area (Å²) in [6.45, 7) is 3.88. The molecule has 2 saturated heterocycles. The minimum Gasteiger partial charge on any atom is -0.336 e. The summed E-state index contributed by atoms with van der Waals surface area (Å²) in [5.74, 6) is -0.595. The van der Waals surface area contributed by atoms with Crippen LogP contribution in [-0.2, 0) is 14.4 Å². The number of likely N-dealkylation sites (tertiary alicyclic amines) is 1. The fourth-order valence-electron chi connectivity index (χ4n) is 5.10. The molecule has 2 aliphatic rings. The fraction of sp³-hybridized carbons (Fsp3) is 0.393. The number of nitrogens with one attached hydrogen (secondary N) is 2. The molecule has 2 N–H and O–H groups in total. The van der Waals surface area contributed by atoms with Gasteiger partial charge in [-0.3, -0.25) is 14.4 Å². The lowest BCUT2D eigenvalue weighted by Crippen LogP contribution is -2.48. The predicted octanol–water partition coefficient (Wildman–Crippen LogP) is 3.26. The molecule has 0 aliphatic carbocycles. The molecule has 34 heavy (non-hydrogen) atoms. The van der Waals surface area contributed by atoms with Crippen LogP contribution < -0.4 is 10.6 Å². The molecule has 178 valence electrons. The number of benzene rings is 2. The Morgan fingerprint density at radius 2 is 1.71 bits per heavy atom. The number of carbonyl (C=O) groups excluding carboxylic acids is 3. The second-order valence-electron chi connectivity index (χ2n) is 9.24. The van der Waals surface area contributed by atoms with Gasteiger partial charge in [-0.1, -0.05) is 66.7 Å². The summed E-state index contributed by atoms with van der Waals surface area (Å²) in [6, 6.07) is 20.1. The largest absolute Gasteiger partial charge is 0.336 e. The summed E-state index contributed by atoms with van der Waals surface area (Å²) in [5.41, 5.74) is 2.45. The van der Waals surface area contributed by atoms with E-state index in [9.17, 15) is 14.4 Å². The average Bonchev–Trinajstić information content (AvgIpc) is 2.86. The molecule has 6 nitrogen and oxygen atoms in total. The van der Waals surface area contributed by atoms with Crippen LogP contribution in [0, 0.1) is 11.8 Å². The minimum absolute atomic E-state index is 0.138. The molecule has 0 saturated carbocycles. The van der Waals surface area contributed by atoms with Crippen LogP contribution in [0.5, 0.6) is 0 Å². The van der Waals surface area contributed by atoms with E-state index < -0.39 is 0 Å². The van der Waals surface area contributed by atoms with Gasteiger partial charge < -0.3 is 15.5 Å². The zero-order valence-corrected chi connectivity index (χ0v) is 19.7. The topological polar surface area (TPSA) is 78.5 Å². The summed E-state index contributed by atoms with van der Waals surface area (Å²) >= 11 is 0. The molecule has 2 aromatic rings. The molecule has 2 aromatic carbocycles. The summed E-state index contributed by atoms with van der Waals surface area (Å²) < 4.78 is 0. The Labute approximate surface area is 201 Å². The van der Waals surface area contributed by atoms with Gasteiger partial charge in [-0.25, -0.2) is 0 Å². The standard InChI is InChI=1S/C28H33N3O3/c1-20(32)30-25(17-21-9-8-15-29-18-21)28(34)31-16-14-26(33)24(19-31)27(22-10-4-2-5-11-22)23-12-6-3-7-13-23/h2-7,10-13,17,21,24,27,29H,8-9,14-16,18-19H2,1H3,(H,30,32)/b25-17-. The van der Waals surface area contributed by atoms with E-state index in [4.69, 9.17) is 0 Å². The smallest absolute Gasteiger partial charge is 0.270 e. The predicted molar refractivity (Wildman–Crippen MR) is 132 cm³/mol. The third-order valence-corrected chi connectivity index (χ3v) is 6.74. The highest BCUT2D eigenvalue weighted by molar-refractivity contribution is 5.98. The van der Waals surface area contributed by atoms with Crippen LogP contribution >= 0.6 is 0 Å². The van der Waals surface area contributed by atoms with E-state index in [0.717, 1.165) is 37.1 Å². The first-order valence-electron chi connectivity index (χ1n) is 12.1. The van der Waals surface area contributed by atoms with E-state index in [2.05, 4.69) is 10.6 Å². The molecule has 2 unspecified atom stereocenters. The van der Waals surface area contributed by atoms with Crippen LogP contribution in [0.4, 0.5) is 0 Å². The van der Waals surface area contributed by atoms with E-state index in [1.54, 1.807) is 4.90 Å². The van der Waals surface area contributed by atoms with Gasteiger partial charge in [0.1, 0.15) is 11.5 Å². The third kappa shape index (κ3) is 5.81. The average molecular weight is 460 g/mol. The highest BCUT2D eigenvalue weighted by Gasteiger charge is 2.37.